The van der Waals surface area contributed by atoms with Crippen LogP contribution in [0.5, 0.6) is 0 Å². The minimum atomic E-state index is -0.189. The zero-order chi connectivity index (χ0) is 14.9. The summed E-state index contributed by atoms with van der Waals surface area (Å²) < 4.78 is 5.52. The summed E-state index contributed by atoms with van der Waals surface area (Å²) in [4.78, 5) is 16.5. The molecule has 0 atom stereocenters. The normalized spacial score (nSPS) is 16.5. The lowest BCUT2D eigenvalue weighted by molar-refractivity contribution is -0.0679. The maximum absolute atomic E-state index is 12.4. The first-order valence-electron chi connectivity index (χ1n) is 7.02. The topological polar surface area (TPSA) is 51.2 Å². The van der Waals surface area contributed by atoms with Gasteiger partial charge >= 0.3 is 0 Å². The van der Waals surface area contributed by atoms with Crippen molar-refractivity contribution in [2.45, 2.75) is 24.9 Å². The molecular weight excluding hydrogens is 288 g/mol. The molecule has 0 saturated heterocycles. The molecule has 1 aromatic heterocycles. The van der Waals surface area contributed by atoms with Crippen LogP contribution in [0.3, 0.4) is 0 Å². The zero-order valence-electron chi connectivity index (χ0n) is 11.9. The van der Waals surface area contributed by atoms with E-state index in [4.69, 9.17) is 16.3 Å². The summed E-state index contributed by atoms with van der Waals surface area (Å²) in [5.41, 5.74) is 0.353. The van der Waals surface area contributed by atoms with E-state index in [9.17, 15) is 4.79 Å². The van der Waals surface area contributed by atoms with Gasteiger partial charge in [-0.3, -0.25) is 4.79 Å². The number of nitrogens with zero attached hydrogens (tertiary/aromatic N) is 1. The number of carbonyl (C=O) groups is 1. The quantitative estimate of drug-likeness (QED) is 0.883. The molecule has 1 aliphatic rings. The predicted molar refractivity (Wildman–Crippen MR) is 82.7 cm³/mol. The number of aromatic nitrogens is 1. The van der Waals surface area contributed by atoms with Crippen molar-refractivity contribution in [3.63, 3.8) is 0 Å². The Balaban J connectivity index is 1.83. The molecular formula is C16H17ClN2O2. The standard InChI is InChI=1S/C16H17ClN2O2/c1-21-16(7-4-8-16)10-19-15(20)13-9-18-14(17)12-6-3-2-5-11(12)13/h2-3,5-6,9H,4,7-8,10H2,1H3,(H,19,20). The molecule has 0 bridgehead atoms. The second-order valence-corrected chi connectivity index (χ2v) is 5.79. The van der Waals surface area contributed by atoms with E-state index in [1.807, 2.05) is 24.3 Å². The van der Waals surface area contributed by atoms with Gasteiger partial charge in [0.15, 0.2) is 0 Å². The van der Waals surface area contributed by atoms with Gasteiger partial charge in [0.2, 0.25) is 0 Å². The first kappa shape index (κ1) is 14.3. The number of pyridine rings is 1. The maximum atomic E-state index is 12.4. The van der Waals surface area contributed by atoms with E-state index in [2.05, 4.69) is 10.3 Å². The maximum Gasteiger partial charge on any atom is 0.253 e. The third-order valence-corrected chi connectivity index (χ3v) is 4.56. The van der Waals surface area contributed by atoms with Gasteiger partial charge in [0.1, 0.15) is 5.15 Å². The van der Waals surface area contributed by atoms with Gasteiger partial charge in [0, 0.05) is 25.2 Å². The SMILES string of the molecule is COC1(CNC(=O)c2cnc(Cl)c3ccccc23)CCC1. The molecule has 0 aliphatic heterocycles. The smallest absolute Gasteiger partial charge is 0.253 e. The summed E-state index contributed by atoms with van der Waals surface area (Å²) in [5, 5.41) is 4.97. The number of carbonyl (C=O) groups excluding carboxylic acids is 1. The first-order valence-corrected chi connectivity index (χ1v) is 7.40. The van der Waals surface area contributed by atoms with Gasteiger partial charge in [0.25, 0.3) is 5.91 Å². The molecule has 0 spiro atoms. The van der Waals surface area contributed by atoms with Crippen molar-refractivity contribution in [2.75, 3.05) is 13.7 Å². The lowest BCUT2D eigenvalue weighted by atomic mass is 9.80. The molecule has 1 aliphatic carbocycles. The van der Waals surface area contributed by atoms with E-state index in [-0.39, 0.29) is 11.5 Å². The number of hydrogen-bond donors (Lipinski definition) is 1. The molecule has 0 radical (unpaired) electrons. The minimum absolute atomic E-state index is 0.140. The van der Waals surface area contributed by atoms with Gasteiger partial charge in [-0.1, -0.05) is 35.9 Å². The number of ether oxygens (including phenoxy) is 1. The number of methoxy groups -OCH3 is 1. The molecule has 1 fully saturated rings. The Hall–Kier alpha value is -1.65. The van der Waals surface area contributed by atoms with Crippen LogP contribution in [-0.2, 0) is 4.74 Å². The van der Waals surface area contributed by atoms with E-state index in [1.165, 1.54) is 6.20 Å². The van der Waals surface area contributed by atoms with Crippen LogP contribution in [0.1, 0.15) is 29.6 Å². The largest absolute Gasteiger partial charge is 0.376 e. The molecule has 1 amide bonds. The Kier molecular flexibility index (Phi) is 3.83. The van der Waals surface area contributed by atoms with Crippen LogP contribution in [0.4, 0.5) is 0 Å². The molecule has 3 rings (SSSR count). The third kappa shape index (κ3) is 2.61. The molecule has 4 nitrogen and oxygen atoms in total. The second kappa shape index (κ2) is 5.62. The van der Waals surface area contributed by atoms with E-state index in [0.29, 0.717) is 17.3 Å². The van der Waals surface area contributed by atoms with Crippen LogP contribution in [0.2, 0.25) is 5.15 Å². The number of fused-ring (bicyclic) bond motifs is 1. The van der Waals surface area contributed by atoms with Gasteiger partial charge in [0.05, 0.1) is 11.2 Å². The van der Waals surface area contributed by atoms with Crippen molar-refractivity contribution < 1.29 is 9.53 Å². The van der Waals surface area contributed by atoms with Crippen molar-refractivity contribution in [3.8, 4) is 0 Å². The van der Waals surface area contributed by atoms with Gasteiger partial charge in [-0.2, -0.15) is 0 Å². The van der Waals surface area contributed by atoms with Gasteiger partial charge < -0.3 is 10.1 Å². The zero-order valence-corrected chi connectivity index (χ0v) is 12.6. The number of nitrogens with one attached hydrogen (secondary N) is 1. The molecule has 1 aromatic carbocycles. The summed E-state index contributed by atoms with van der Waals surface area (Å²) in [6.07, 6.45) is 4.65. The van der Waals surface area contributed by atoms with Crippen molar-refractivity contribution in [1.29, 1.82) is 0 Å². The molecule has 2 aromatic rings. The van der Waals surface area contributed by atoms with E-state index >= 15 is 0 Å². The summed E-state index contributed by atoms with van der Waals surface area (Å²) >= 11 is 6.07. The predicted octanol–water partition coefficient (Wildman–Crippen LogP) is 3.19. The molecule has 5 heteroatoms. The minimum Gasteiger partial charge on any atom is -0.376 e. The third-order valence-electron chi connectivity index (χ3n) is 4.26. The summed E-state index contributed by atoms with van der Waals surface area (Å²) in [6.45, 7) is 0.527. The molecule has 21 heavy (non-hydrogen) atoms. The number of hydrogen-bond acceptors (Lipinski definition) is 3. The second-order valence-electron chi connectivity index (χ2n) is 5.43. The van der Waals surface area contributed by atoms with Crippen molar-refractivity contribution >= 4 is 28.3 Å². The average molecular weight is 305 g/mol. The van der Waals surface area contributed by atoms with E-state index < -0.39 is 0 Å². The lowest BCUT2D eigenvalue weighted by Crippen LogP contribution is -2.49. The molecule has 110 valence electrons. The van der Waals surface area contributed by atoms with Crippen molar-refractivity contribution in [3.05, 3.63) is 41.2 Å². The van der Waals surface area contributed by atoms with Gasteiger partial charge in [-0.25, -0.2) is 4.98 Å². The number of amides is 1. The summed E-state index contributed by atoms with van der Waals surface area (Å²) in [5.74, 6) is -0.140. The highest BCUT2D eigenvalue weighted by Crippen LogP contribution is 2.34. The molecule has 0 unspecified atom stereocenters. The van der Waals surface area contributed by atoms with Crippen LogP contribution in [-0.4, -0.2) is 30.1 Å². The molecule has 1 N–H and O–H groups in total. The molecule has 1 heterocycles. The summed E-state index contributed by atoms with van der Waals surface area (Å²) in [7, 11) is 1.70. The first-order chi connectivity index (χ1) is 10.2. The lowest BCUT2D eigenvalue weighted by Gasteiger charge is -2.40. The van der Waals surface area contributed by atoms with Crippen LogP contribution < -0.4 is 5.32 Å². The van der Waals surface area contributed by atoms with Crippen LogP contribution >= 0.6 is 11.6 Å². The molecule has 1 saturated carbocycles. The van der Waals surface area contributed by atoms with Crippen molar-refractivity contribution in [1.82, 2.24) is 10.3 Å². The van der Waals surface area contributed by atoms with Crippen LogP contribution in [0.25, 0.3) is 10.8 Å². The van der Waals surface area contributed by atoms with Crippen LogP contribution in [0.15, 0.2) is 30.5 Å². The number of halogens is 1. The Morgan fingerprint density at radius 3 is 2.71 bits per heavy atom. The van der Waals surface area contributed by atoms with E-state index in [1.54, 1.807) is 7.11 Å². The van der Waals surface area contributed by atoms with Gasteiger partial charge in [-0.15, -0.1) is 0 Å². The summed E-state index contributed by atoms with van der Waals surface area (Å²) in [6, 6.07) is 7.52. The highest BCUT2D eigenvalue weighted by Gasteiger charge is 2.37. The Morgan fingerprint density at radius 2 is 2.10 bits per heavy atom. The average Bonchev–Trinajstić information content (AvgIpc) is 2.47. The Bertz CT molecular complexity index is 678. The Labute approximate surface area is 128 Å². The van der Waals surface area contributed by atoms with Gasteiger partial charge in [-0.05, 0) is 24.6 Å². The number of rotatable bonds is 4. The fourth-order valence-electron chi connectivity index (χ4n) is 2.70. The van der Waals surface area contributed by atoms with Crippen molar-refractivity contribution in [2.24, 2.45) is 0 Å². The van der Waals surface area contributed by atoms with E-state index in [0.717, 1.165) is 30.0 Å². The number of benzene rings is 1. The Morgan fingerprint density at radius 1 is 1.38 bits per heavy atom. The monoisotopic (exact) mass is 304 g/mol. The van der Waals surface area contributed by atoms with Crippen LogP contribution in [0, 0.1) is 0 Å². The fourth-order valence-corrected chi connectivity index (χ4v) is 2.91. The highest BCUT2D eigenvalue weighted by atomic mass is 35.5. The fraction of sp³-hybridized carbons (Fsp3) is 0.375. The highest BCUT2D eigenvalue weighted by molar-refractivity contribution is 6.34.